The maximum Gasteiger partial charge on any atom is 0.123 e. The summed E-state index contributed by atoms with van der Waals surface area (Å²) in [6, 6.07) is 22.5. The van der Waals surface area contributed by atoms with Gasteiger partial charge in [-0.05, 0) is 97.5 Å². The molecule has 0 unspecified atom stereocenters. The predicted octanol–water partition coefficient (Wildman–Crippen LogP) is 6.83. The standard InChI is InChI=1S/C30H28FN3O/c1-21-27(15-18-35-26-12-5-22(20-32)6-13-26)30(23-7-9-24(31)10-8-23)28-19-25(11-14-29(28)33-21)34-16-3-2-4-17-34/h5-14,19H,2-4,15-18H2,1H3. The van der Waals surface area contributed by atoms with Gasteiger partial charge in [-0.1, -0.05) is 12.1 Å². The van der Waals surface area contributed by atoms with Gasteiger partial charge in [-0.25, -0.2) is 4.39 Å². The Hall–Kier alpha value is -3.91. The molecular weight excluding hydrogens is 437 g/mol. The molecule has 1 aromatic heterocycles. The van der Waals surface area contributed by atoms with Crippen molar-refractivity contribution in [2.45, 2.75) is 32.6 Å². The van der Waals surface area contributed by atoms with Gasteiger partial charge in [0.1, 0.15) is 11.6 Å². The molecule has 0 saturated carbocycles. The molecule has 3 aromatic carbocycles. The molecule has 0 N–H and O–H groups in total. The second-order valence-electron chi connectivity index (χ2n) is 9.04. The third-order valence-electron chi connectivity index (χ3n) is 6.73. The van der Waals surface area contributed by atoms with Gasteiger partial charge in [0.05, 0.1) is 23.8 Å². The van der Waals surface area contributed by atoms with Crippen LogP contribution in [0.3, 0.4) is 0 Å². The second-order valence-corrected chi connectivity index (χ2v) is 9.04. The van der Waals surface area contributed by atoms with Crippen molar-refractivity contribution in [3.63, 3.8) is 0 Å². The Morgan fingerprint density at radius 1 is 0.971 bits per heavy atom. The van der Waals surface area contributed by atoms with Gasteiger partial charge < -0.3 is 9.64 Å². The number of halogens is 1. The molecule has 1 aliphatic rings. The smallest absolute Gasteiger partial charge is 0.123 e. The number of hydrogen-bond acceptors (Lipinski definition) is 4. The summed E-state index contributed by atoms with van der Waals surface area (Å²) in [5, 5.41) is 10.1. The molecule has 4 aromatic rings. The molecule has 5 rings (SSSR count). The SMILES string of the molecule is Cc1nc2ccc(N3CCCCC3)cc2c(-c2ccc(F)cc2)c1CCOc1ccc(C#N)cc1. The highest BCUT2D eigenvalue weighted by molar-refractivity contribution is 5.98. The number of piperidine rings is 1. The van der Waals surface area contributed by atoms with Gasteiger partial charge >= 0.3 is 0 Å². The molecule has 5 heteroatoms. The van der Waals surface area contributed by atoms with Crippen LogP contribution in [0.2, 0.25) is 0 Å². The van der Waals surface area contributed by atoms with E-state index in [1.807, 2.05) is 31.2 Å². The lowest BCUT2D eigenvalue weighted by atomic mass is 9.92. The van der Waals surface area contributed by atoms with Crippen LogP contribution in [0, 0.1) is 24.1 Å². The minimum Gasteiger partial charge on any atom is -0.493 e. The molecule has 0 aliphatic carbocycles. The summed E-state index contributed by atoms with van der Waals surface area (Å²) >= 11 is 0. The van der Waals surface area contributed by atoms with Gasteiger partial charge in [0, 0.05) is 36.3 Å². The lowest BCUT2D eigenvalue weighted by Gasteiger charge is -2.29. The van der Waals surface area contributed by atoms with E-state index in [4.69, 9.17) is 15.0 Å². The molecule has 4 nitrogen and oxygen atoms in total. The minimum atomic E-state index is -0.247. The van der Waals surface area contributed by atoms with E-state index < -0.39 is 0 Å². The summed E-state index contributed by atoms with van der Waals surface area (Å²) in [5.74, 6) is 0.481. The molecule has 0 amide bonds. The van der Waals surface area contributed by atoms with Crippen LogP contribution in [0.25, 0.3) is 22.0 Å². The number of nitriles is 1. The first-order chi connectivity index (χ1) is 17.1. The Morgan fingerprint density at radius 2 is 1.71 bits per heavy atom. The Bertz CT molecular complexity index is 1370. The van der Waals surface area contributed by atoms with Crippen LogP contribution in [-0.4, -0.2) is 24.7 Å². The van der Waals surface area contributed by atoms with Crippen molar-refractivity contribution in [3.05, 3.63) is 89.4 Å². The molecule has 35 heavy (non-hydrogen) atoms. The fraction of sp³-hybridized carbons (Fsp3) is 0.267. The Balaban J connectivity index is 1.54. The Labute approximate surface area is 205 Å². The number of aryl methyl sites for hydroxylation is 1. The average Bonchev–Trinajstić information content (AvgIpc) is 2.90. The van der Waals surface area contributed by atoms with Gasteiger partial charge in [0.15, 0.2) is 0 Å². The third kappa shape index (κ3) is 4.97. The van der Waals surface area contributed by atoms with Gasteiger partial charge in [-0.3, -0.25) is 4.98 Å². The summed E-state index contributed by atoms with van der Waals surface area (Å²) in [4.78, 5) is 7.38. The number of fused-ring (bicyclic) bond motifs is 1. The summed E-state index contributed by atoms with van der Waals surface area (Å²) in [6.07, 6.45) is 4.38. The molecule has 1 aliphatic heterocycles. The van der Waals surface area contributed by atoms with E-state index in [1.165, 1.54) is 37.1 Å². The van der Waals surface area contributed by atoms with Crippen LogP contribution in [0.15, 0.2) is 66.7 Å². The summed E-state index contributed by atoms with van der Waals surface area (Å²) in [7, 11) is 0. The molecule has 0 atom stereocenters. The van der Waals surface area contributed by atoms with Crippen LogP contribution in [0.4, 0.5) is 10.1 Å². The number of rotatable bonds is 6. The highest BCUT2D eigenvalue weighted by Gasteiger charge is 2.18. The monoisotopic (exact) mass is 465 g/mol. The van der Waals surface area contributed by atoms with E-state index in [0.717, 1.165) is 52.1 Å². The van der Waals surface area contributed by atoms with Crippen LogP contribution in [0.1, 0.15) is 36.1 Å². The number of hydrogen-bond donors (Lipinski definition) is 0. The van der Waals surface area contributed by atoms with Crippen molar-refractivity contribution in [2.24, 2.45) is 0 Å². The van der Waals surface area contributed by atoms with Crippen molar-refractivity contribution in [2.75, 3.05) is 24.6 Å². The normalized spacial score (nSPS) is 13.6. The van der Waals surface area contributed by atoms with Crippen molar-refractivity contribution in [1.29, 1.82) is 5.26 Å². The molecule has 176 valence electrons. The lowest BCUT2D eigenvalue weighted by molar-refractivity contribution is 0.321. The van der Waals surface area contributed by atoms with Gasteiger partial charge in [0.25, 0.3) is 0 Å². The highest BCUT2D eigenvalue weighted by atomic mass is 19.1. The third-order valence-corrected chi connectivity index (χ3v) is 6.73. The molecule has 0 bridgehead atoms. The van der Waals surface area contributed by atoms with Crippen LogP contribution in [-0.2, 0) is 6.42 Å². The molecular formula is C30H28FN3O. The molecule has 1 saturated heterocycles. The number of benzene rings is 3. The molecule has 1 fully saturated rings. The predicted molar refractivity (Wildman–Crippen MR) is 138 cm³/mol. The van der Waals surface area contributed by atoms with Gasteiger partial charge in [0.2, 0.25) is 0 Å². The zero-order valence-electron chi connectivity index (χ0n) is 19.9. The van der Waals surface area contributed by atoms with Crippen molar-refractivity contribution in [1.82, 2.24) is 4.98 Å². The van der Waals surface area contributed by atoms with E-state index in [9.17, 15) is 4.39 Å². The second kappa shape index (κ2) is 10.1. The summed E-state index contributed by atoms with van der Waals surface area (Å²) in [6.45, 7) is 4.64. The number of aromatic nitrogens is 1. The molecule has 0 radical (unpaired) electrons. The quantitative estimate of drug-likeness (QED) is 0.313. The molecule has 0 spiro atoms. The van der Waals surface area contributed by atoms with Crippen LogP contribution < -0.4 is 9.64 Å². The Kier molecular flexibility index (Phi) is 6.63. The topological polar surface area (TPSA) is 49.2 Å². The number of pyridine rings is 1. The van der Waals surface area contributed by atoms with E-state index in [0.29, 0.717) is 18.6 Å². The summed E-state index contributed by atoms with van der Waals surface area (Å²) in [5.41, 5.74) is 6.89. The van der Waals surface area contributed by atoms with Crippen LogP contribution >= 0.6 is 0 Å². The fourth-order valence-electron chi connectivity index (χ4n) is 4.91. The first-order valence-electron chi connectivity index (χ1n) is 12.2. The van der Waals surface area contributed by atoms with E-state index >= 15 is 0 Å². The van der Waals surface area contributed by atoms with E-state index in [1.54, 1.807) is 12.1 Å². The van der Waals surface area contributed by atoms with Gasteiger partial charge in [-0.15, -0.1) is 0 Å². The van der Waals surface area contributed by atoms with Crippen molar-refractivity contribution >= 4 is 16.6 Å². The van der Waals surface area contributed by atoms with Crippen molar-refractivity contribution < 1.29 is 9.13 Å². The largest absolute Gasteiger partial charge is 0.493 e. The summed E-state index contributed by atoms with van der Waals surface area (Å²) < 4.78 is 19.8. The Morgan fingerprint density at radius 3 is 2.43 bits per heavy atom. The number of nitrogens with zero attached hydrogens (tertiary/aromatic N) is 3. The van der Waals surface area contributed by atoms with Crippen molar-refractivity contribution in [3.8, 4) is 22.9 Å². The van der Waals surface area contributed by atoms with Gasteiger partial charge in [-0.2, -0.15) is 5.26 Å². The lowest BCUT2D eigenvalue weighted by Crippen LogP contribution is -2.29. The van der Waals surface area contributed by atoms with E-state index in [2.05, 4.69) is 29.2 Å². The number of anilines is 1. The zero-order valence-corrected chi connectivity index (χ0v) is 19.9. The fourth-order valence-corrected chi connectivity index (χ4v) is 4.91. The van der Waals surface area contributed by atoms with Crippen LogP contribution in [0.5, 0.6) is 5.75 Å². The highest BCUT2D eigenvalue weighted by Crippen LogP contribution is 2.36. The van der Waals surface area contributed by atoms with E-state index in [-0.39, 0.29) is 5.82 Å². The zero-order chi connectivity index (χ0) is 24.2. The number of ether oxygens (including phenoxy) is 1. The maximum atomic E-state index is 13.8. The minimum absolute atomic E-state index is 0.247. The maximum absolute atomic E-state index is 13.8. The first-order valence-corrected chi connectivity index (χ1v) is 12.2. The first kappa shape index (κ1) is 22.9. The average molecular weight is 466 g/mol. The molecule has 2 heterocycles.